The lowest BCUT2D eigenvalue weighted by atomic mass is 10.1. The molecular weight excluding hydrogens is 400 g/mol. The van der Waals surface area contributed by atoms with Crippen molar-refractivity contribution in [1.82, 2.24) is 15.4 Å². The molecule has 0 saturated carbocycles. The van der Waals surface area contributed by atoms with Gasteiger partial charge in [0.2, 0.25) is 0 Å². The summed E-state index contributed by atoms with van der Waals surface area (Å²) in [4.78, 5) is 47.8. The molecule has 1 aromatic heterocycles. The number of nitrogens with one attached hydrogen (secondary N) is 2. The van der Waals surface area contributed by atoms with Crippen molar-refractivity contribution in [2.45, 2.75) is 6.54 Å². The topological polar surface area (TPSA) is 123 Å². The van der Waals surface area contributed by atoms with Crippen molar-refractivity contribution in [3.63, 3.8) is 0 Å². The smallest absolute Gasteiger partial charge is 0.270 e. The first-order chi connectivity index (χ1) is 15.0. The van der Waals surface area contributed by atoms with Crippen LogP contribution in [0.4, 0.5) is 5.69 Å². The molecule has 0 aliphatic rings. The summed E-state index contributed by atoms with van der Waals surface area (Å²) in [5.41, 5.74) is 5.43. The standard InChI is InChI=1S/C22H16N4O5/c27-20(23-24-22(29)14-6-5-7-15(12-14)26(30)31)13-25-18-10-3-1-8-16(18)21(28)17-9-2-4-11-19(17)25/h1-12H,13H2,(H,23,27)(H,24,29). The third-order valence-corrected chi connectivity index (χ3v) is 4.82. The average Bonchev–Trinajstić information content (AvgIpc) is 2.80. The monoisotopic (exact) mass is 416 g/mol. The highest BCUT2D eigenvalue weighted by Crippen LogP contribution is 2.19. The fourth-order valence-corrected chi connectivity index (χ4v) is 3.39. The molecule has 0 fully saturated rings. The van der Waals surface area contributed by atoms with E-state index in [0.29, 0.717) is 21.8 Å². The summed E-state index contributed by atoms with van der Waals surface area (Å²) in [6.07, 6.45) is 0. The number of hydrogen-bond donors (Lipinski definition) is 2. The van der Waals surface area contributed by atoms with E-state index >= 15 is 0 Å². The van der Waals surface area contributed by atoms with Gasteiger partial charge in [-0.25, -0.2) is 0 Å². The van der Waals surface area contributed by atoms with Crippen molar-refractivity contribution in [2.75, 3.05) is 0 Å². The zero-order valence-electron chi connectivity index (χ0n) is 16.1. The molecule has 0 unspecified atom stereocenters. The number of nitrogens with zero attached hydrogens (tertiary/aromatic N) is 2. The lowest BCUT2D eigenvalue weighted by Crippen LogP contribution is -2.43. The highest BCUT2D eigenvalue weighted by Gasteiger charge is 2.15. The van der Waals surface area contributed by atoms with E-state index in [1.54, 1.807) is 53.1 Å². The first-order valence-corrected chi connectivity index (χ1v) is 9.29. The van der Waals surface area contributed by atoms with E-state index in [-0.39, 0.29) is 23.2 Å². The molecule has 4 rings (SSSR count). The van der Waals surface area contributed by atoms with Crippen LogP contribution in [-0.4, -0.2) is 21.3 Å². The second-order valence-electron chi connectivity index (χ2n) is 6.76. The maximum absolute atomic E-state index is 12.8. The number of non-ortho nitro benzene ring substituents is 1. The molecule has 2 amide bonds. The van der Waals surface area contributed by atoms with Crippen LogP contribution in [0.25, 0.3) is 21.8 Å². The molecule has 0 radical (unpaired) electrons. The van der Waals surface area contributed by atoms with Gasteiger partial charge in [0.15, 0.2) is 5.43 Å². The van der Waals surface area contributed by atoms with Crippen LogP contribution >= 0.6 is 0 Å². The van der Waals surface area contributed by atoms with Crippen molar-refractivity contribution in [3.05, 3.63) is 98.7 Å². The predicted molar refractivity (Wildman–Crippen MR) is 114 cm³/mol. The lowest BCUT2D eigenvalue weighted by molar-refractivity contribution is -0.384. The molecule has 0 atom stereocenters. The van der Waals surface area contributed by atoms with Gasteiger partial charge in [0, 0.05) is 28.5 Å². The van der Waals surface area contributed by atoms with Crippen molar-refractivity contribution in [1.29, 1.82) is 0 Å². The van der Waals surface area contributed by atoms with Crippen LogP contribution in [-0.2, 0) is 11.3 Å². The maximum Gasteiger partial charge on any atom is 0.270 e. The number of aromatic nitrogens is 1. The van der Waals surface area contributed by atoms with E-state index in [1.807, 2.05) is 0 Å². The summed E-state index contributed by atoms with van der Waals surface area (Å²) in [5, 5.41) is 11.8. The summed E-state index contributed by atoms with van der Waals surface area (Å²) in [6.45, 7) is -0.156. The lowest BCUT2D eigenvalue weighted by Gasteiger charge is -2.15. The summed E-state index contributed by atoms with van der Waals surface area (Å²) in [5.74, 6) is -1.22. The van der Waals surface area contributed by atoms with Gasteiger partial charge < -0.3 is 4.57 Å². The molecule has 4 aromatic rings. The first-order valence-electron chi connectivity index (χ1n) is 9.29. The molecule has 154 valence electrons. The minimum atomic E-state index is -0.688. The van der Waals surface area contributed by atoms with Gasteiger partial charge in [-0.2, -0.15) is 0 Å². The number of amides is 2. The van der Waals surface area contributed by atoms with Gasteiger partial charge in [-0.1, -0.05) is 30.3 Å². The number of nitro groups is 1. The Balaban J connectivity index is 1.58. The number of para-hydroxylation sites is 2. The van der Waals surface area contributed by atoms with Crippen LogP contribution in [0.2, 0.25) is 0 Å². The molecule has 0 aliphatic heterocycles. The van der Waals surface area contributed by atoms with Crippen molar-refractivity contribution < 1.29 is 14.5 Å². The third-order valence-electron chi connectivity index (χ3n) is 4.82. The second kappa shape index (κ2) is 8.07. The Morgan fingerprint density at radius 1 is 0.871 bits per heavy atom. The number of hydrazine groups is 1. The molecule has 0 aliphatic carbocycles. The van der Waals surface area contributed by atoms with Crippen LogP contribution in [0.15, 0.2) is 77.6 Å². The van der Waals surface area contributed by atoms with Crippen LogP contribution in [0.5, 0.6) is 0 Å². The number of fused-ring (bicyclic) bond motifs is 2. The number of carbonyl (C=O) groups excluding carboxylic acids is 2. The van der Waals surface area contributed by atoms with Gasteiger partial charge in [-0.15, -0.1) is 0 Å². The number of carbonyl (C=O) groups is 2. The van der Waals surface area contributed by atoms with E-state index in [2.05, 4.69) is 10.9 Å². The molecule has 9 nitrogen and oxygen atoms in total. The van der Waals surface area contributed by atoms with Crippen LogP contribution in [0, 0.1) is 10.1 Å². The Labute approximate surface area is 175 Å². The summed E-state index contributed by atoms with van der Waals surface area (Å²) in [6, 6.07) is 19.1. The Bertz CT molecular complexity index is 1350. The minimum Gasteiger partial charge on any atom is -0.331 e. The zero-order chi connectivity index (χ0) is 22.0. The Kier molecular flexibility index (Phi) is 5.15. The molecule has 31 heavy (non-hydrogen) atoms. The number of rotatable bonds is 4. The van der Waals surface area contributed by atoms with Crippen LogP contribution < -0.4 is 16.3 Å². The van der Waals surface area contributed by atoms with Crippen molar-refractivity contribution in [3.8, 4) is 0 Å². The van der Waals surface area contributed by atoms with Gasteiger partial charge in [-0.05, 0) is 30.3 Å². The van der Waals surface area contributed by atoms with Gasteiger partial charge in [-0.3, -0.25) is 35.3 Å². The Morgan fingerprint density at radius 2 is 1.48 bits per heavy atom. The van der Waals surface area contributed by atoms with Crippen LogP contribution in [0.1, 0.15) is 10.4 Å². The second-order valence-corrected chi connectivity index (χ2v) is 6.76. The number of pyridine rings is 1. The van der Waals surface area contributed by atoms with E-state index in [4.69, 9.17) is 0 Å². The highest BCUT2D eigenvalue weighted by atomic mass is 16.6. The van der Waals surface area contributed by atoms with E-state index in [9.17, 15) is 24.5 Å². The quantitative estimate of drug-likeness (QED) is 0.301. The molecule has 3 aromatic carbocycles. The molecule has 0 bridgehead atoms. The molecule has 2 N–H and O–H groups in total. The van der Waals surface area contributed by atoms with E-state index in [0.717, 1.165) is 6.07 Å². The van der Waals surface area contributed by atoms with Crippen molar-refractivity contribution >= 4 is 39.3 Å². The third kappa shape index (κ3) is 3.84. The molecule has 1 heterocycles. The normalized spacial score (nSPS) is 10.7. The number of hydrogen-bond acceptors (Lipinski definition) is 5. The minimum absolute atomic E-state index is 0.0359. The Hall–Kier alpha value is -4.53. The SMILES string of the molecule is O=C(Cn1c2ccccc2c(=O)c2ccccc21)NNC(=O)c1cccc([N+](=O)[O-])c1. The van der Waals surface area contributed by atoms with Crippen LogP contribution in [0.3, 0.4) is 0 Å². The van der Waals surface area contributed by atoms with Gasteiger partial charge in [0.25, 0.3) is 17.5 Å². The van der Waals surface area contributed by atoms with Crippen molar-refractivity contribution in [2.24, 2.45) is 0 Å². The first kappa shape index (κ1) is 19.8. The van der Waals surface area contributed by atoms with E-state index < -0.39 is 16.7 Å². The summed E-state index contributed by atoms with van der Waals surface area (Å²) >= 11 is 0. The largest absolute Gasteiger partial charge is 0.331 e. The number of nitro benzene ring substituents is 1. The molecule has 0 saturated heterocycles. The predicted octanol–water partition coefficient (Wildman–Crippen LogP) is 2.52. The zero-order valence-corrected chi connectivity index (χ0v) is 16.1. The Morgan fingerprint density at radius 3 is 2.10 bits per heavy atom. The highest BCUT2D eigenvalue weighted by molar-refractivity contribution is 5.97. The van der Waals surface area contributed by atoms with Gasteiger partial charge in [0.1, 0.15) is 6.54 Å². The average molecular weight is 416 g/mol. The maximum atomic E-state index is 12.8. The van der Waals surface area contributed by atoms with Gasteiger partial charge in [0.05, 0.1) is 16.0 Å². The molecule has 0 spiro atoms. The van der Waals surface area contributed by atoms with E-state index in [1.165, 1.54) is 18.2 Å². The fourth-order valence-electron chi connectivity index (χ4n) is 3.39. The fraction of sp³-hybridized carbons (Fsp3) is 0.0455. The summed E-state index contributed by atoms with van der Waals surface area (Å²) < 4.78 is 1.70. The molecule has 9 heteroatoms. The molecular formula is C22H16N4O5. The summed E-state index contributed by atoms with van der Waals surface area (Å²) in [7, 11) is 0. The van der Waals surface area contributed by atoms with Gasteiger partial charge >= 0.3 is 0 Å². The number of benzene rings is 3.